The van der Waals surface area contributed by atoms with E-state index in [4.69, 9.17) is 10.00 Å². The summed E-state index contributed by atoms with van der Waals surface area (Å²) < 4.78 is 5.41. The number of nitrogens with zero attached hydrogens (tertiary/aromatic N) is 2. The number of carbonyl (C=O) groups is 1. The van der Waals surface area contributed by atoms with Gasteiger partial charge in [-0.15, -0.1) is 0 Å². The number of dihydropyridines is 1. The van der Waals surface area contributed by atoms with Crippen molar-refractivity contribution >= 4 is 5.91 Å². The quantitative estimate of drug-likeness (QED) is 0.580. The van der Waals surface area contributed by atoms with Crippen LogP contribution in [0.5, 0.6) is 0 Å². The van der Waals surface area contributed by atoms with E-state index in [-0.39, 0.29) is 12.1 Å². The molecule has 2 aromatic rings. The Kier molecular flexibility index (Phi) is 7.75. The SMILES string of the molecule is N#Cc1ccc(CCNC(C(=O)NC2C=CC(N3CCOCC3)=CN2)c2ccccc2)cc1. The Morgan fingerprint density at radius 2 is 1.91 bits per heavy atom. The van der Waals surface area contributed by atoms with Crippen LogP contribution in [0.15, 0.2) is 78.6 Å². The fraction of sp³-hybridized carbons (Fsp3) is 0.308. The van der Waals surface area contributed by atoms with E-state index in [2.05, 4.69) is 26.9 Å². The van der Waals surface area contributed by atoms with E-state index >= 15 is 0 Å². The molecule has 4 rings (SSSR count). The van der Waals surface area contributed by atoms with E-state index in [0.29, 0.717) is 12.1 Å². The second kappa shape index (κ2) is 11.3. The van der Waals surface area contributed by atoms with Gasteiger partial charge in [0.2, 0.25) is 5.91 Å². The van der Waals surface area contributed by atoms with Crippen LogP contribution in [0.3, 0.4) is 0 Å². The summed E-state index contributed by atoms with van der Waals surface area (Å²) >= 11 is 0. The van der Waals surface area contributed by atoms with Gasteiger partial charge in [-0.2, -0.15) is 5.26 Å². The summed E-state index contributed by atoms with van der Waals surface area (Å²) in [7, 11) is 0. The molecule has 7 heteroatoms. The number of hydrogen-bond acceptors (Lipinski definition) is 6. The van der Waals surface area contributed by atoms with Crippen LogP contribution in [-0.4, -0.2) is 49.8 Å². The van der Waals surface area contributed by atoms with Crippen molar-refractivity contribution in [2.24, 2.45) is 0 Å². The topological polar surface area (TPSA) is 89.4 Å². The number of carbonyl (C=O) groups excluding carboxylic acids is 1. The summed E-state index contributed by atoms with van der Waals surface area (Å²) in [6, 6.07) is 18.9. The molecule has 2 atom stereocenters. The Hall–Kier alpha value is -3.60. The van der Waals surface area contributed by atoms with E-state index in [9.17, 15) is 4.79 Å². The fourth-order valence-corrected chi connectivity index (χ4v) is 3.93. The molecule has 170 valence electrons. The molecule has 0 radical (unpaired) electrons. The number of amides is 1. The van der Waals surface area contributed by atoms with Gasteiger partial charge in [-0.05, 0) is 41.8 Å². The van der Waals surface area contributed by atoms with Crippen LogP contribution in [0.25, 0.3) is 0 Å². The lowest BCUT2D eigenvalue weighted by molar-refractivity contribution is -0.123. The first-order chi connectivity index (χ1) is 16.2. The van der Waals surface area contributed by atoms with Crippen LogP contribution in [-0.2, 0) is 16.0 Å². The van der Waals surface area contributed by atoms with Gasteiger partial charge in [-0.3, -0.25) is 4.79 Å². The molecular formula is C26H29N5O2. The number of allylic oxidation sites excluding steroid dienone is 1. The van der Waals surface area contributed by atoms with Gasteiger partial charge in [0.25, 0.3) is 0 Å². The first-order valence-corrected chi connectivity index (χ1v) is 11.3. The lowest BCUT2D eigenvalue weighted by Crippen LogP contribution is -2.48. The summed E-state index contributed by atoms with van der Waals surface area (Å²) in [6.45, 7) is 3.84. The highest BCUT2D eigenvalue weighted by atomic mass is 16.5. The maximum Gasteiger partial charge on any atom is 0.243 e. The molecule has 1 amide bonds. The van der Waals surface area contributed by atoms with Crippen molar-refractivity contribution in [2.45, 2.75) is 18.6 Å². The molecule has 2 unspecified atom stereocenters. The third-order valence-corrected chi connectivity index (χ3v) is 5.78. The van der Waals surface area contributed by atoms with Gasteiger partial charge in [-0.1, -0.05) is 42.5 Å². The van der Waals surface area contributed by atoms with Crippen molar-refractivity contribution in [1.82, 2.24) is 20.9 Å². The molecule has 1 saturated heterocycles. The summed E-state index contributed by atoms with van der Waals surface area (Å²) in [4.78, 5) is 15.5. The number of nitriles is 1. The molecule has 7 nitrogen and oxygen atoms in total. The molecule has 3 N–H and O–H groups in total. The summed E-state index contributed by atoms with van der Waals surface area (Å²) in [5, 5.41) is 18.7. The Morgan fingerprint density at radius 3 is 2.58 bits per heavy atom. The molecule has 0 aromatic heterocycles. The zero-order chi connectivity index (χ0) is 22.9. The van der Waals surface area contributed by atoms with Crippen molar-refractivity contribution < 1.29 is 9.53 Å². The Bertz CT molecular complexity index is 1020. The molecule has 2 heterocycles. The third kappa shape index (κ3) is 6.22. The van der Waals surface area contributed by atoms with E-state index in [1.165, 1.54) is 0 Å². The normalized spacial score (nSPS) is 18.6. The van der Waals surface area contributed by atoms with Crippen LogP contribution < -0.4 is 16.0 Å². The van der Waals surface area contributed by atoms with Crippen molar-refractivity contribution in [3.8, 4) is 6.07 Å². The molecule has 0 aliphatic carbocycles. The van der Waals surface area contributed by atoms with E-state index < -0.39 is 6.04 Å². The second-order valence-electron chi connectivity index (χ2n) is 8.04. The zero-order valence-electron chi connectivity index (χ0n) is 18.5. The average molecular weight is 444 g/mol. The van der Waals surface area contributed by atoms with Gasteiger partial charge < -0.3 is 25.6 Å². The van der Waals surface area contributed by atoms with E-state index in [1.54, 1.807) is 0 Å². The number of hydrogen-bond donors (Lipinski definition) is 3. The van der Waals surface area contributed by atoms with Crippen molar-refractivity contribution in [2.75, 3.05) is 32.8 Å². The minimum Gasteiger partial charge on any atom is -0.378 e. The minimum absolute atomic E-state index is 0.0913. The molecule has 0 spiro atoms. The smallest absolute Gasteiger partial charge is 0.243 e. The fourth-order valence-electron chi connectivity index (χ4n) is 3.93. The minimum atomic E-state index is -0.468. The van der Waals surface area contributed by atoms with Gasteiger partial charge in [0.1, 0.15) is 12.2 Å². The molecule has 0 bridgehead atoms. The molecule has 2 aliphatic heterocycles. The van der Waals surface area contributed by atoms with Gasteiger partial charge in [0, 0.05) is 25.8 Å². The predicted octanol–water partition coefficient (Wildman–Crippen LogP) is 2.21. The third-order valence-electron chi connectivity index (χ3n) is 5.78. The van der Waals surface area contributed by atoms with Gasteiger partial charge in [0.15, 0.2) is 0 Å². The summed E-state index contributed by atoms with van der Waals surface area (Å²) in [6.07, 6.45) is 6.46. The first kappa shape index (κ1) is 22.6. The standard InChI is InChI=1S/C26H29N5O2/c27-18-21-8-6-20(7-9-21)12-13-28-25(22-4-2-1-3-5-22)26(32)30-24-11-10-23(19-29-24)31-14-16-33-17-15-31/h1-11,19,24-25,28-29H,12-17H2,(H,30,32). The van der Waals surface area contributed by atoms with Crippen molar-refractivity contribution in [3.63, 3.8) is 0 Å². The molecule has 2 aliphatic rings. The van der Waals surface area contributed by atoms with Gasteiger partial charge >= 0.3 is 0 Å². The predicted molar refractivity (Wildman–Crippen MR) is 127 cm³/mol. The largest absolute Gasteiger partial charge is 0.378 e. The highest BCUT2D eigenvalue weighted by Gasteiger charge is 2.23. The van der Waals surface area contributed by atoms with E-state index in [0.717, 1.165) is 49.5 Å². The number of rotatable bonds is 8. The first-order valence-electron chi connectivity index (χ1n) is 11.3. The van der Waals surface area contributed by atoms with Crippen LogP contribution in [0.4, 0.5) is 0 Å². The monoisotopic (exact) mass is 443 g/mol. The summed E-state index contributed by atoms with van der Waals surface area (Å²) in [5.74, 6) is -0.0913. The Balaban J connectivity index is 1.34. The van der Waals surface area contributed by atoms with Crippen LogP contribution in [0.2, 0.25) is 0 Å². The van der Waals surface area contributed by atoms with E-state index in [1.807, 2.05) is 72.9 Å². The number of nitrogens with one attached hydrogen (secondary N) is 3. The van der Waals surface area contributed by atoms with Crippen molar-refractivity contribution in [1.29, 1.82) is 5.26 Å². The molecule has 1 fully saturated rings. The van der Waals surface area contributed by atoms with Crippen LogP contribution in [0.1, 0.15) is 22.7 Å². The molecule has 33 heavy (non-hydrogen) atoms. The van der Waals surface area contributed by atoms with Crippen LogP contribution in [0, 0.1) is 11.3 Å². The average Bonchev–Trinajstić information content (AvgIpc) is 2.88. The Morgan fingerprint density at radius 1 is 1.15 bits per heavy atom. The molecular weight excluding hydrogens is 414 g/mol. The summed E-state index contributed by atoms with van der Waals surface area (Å²) in [5.41, 5.74) is 3.78. The zero-order valence-corrected chi connectivity index (χ0v) is 18.5. The number of morpholine rings is 1. The van der Waals surface area contributed by atoms with Crippen LogP contribution >= 0.6 is 0 Å². The highest BCUT2D eigenvalue weighted by molar-refractivity contribution is 5.83. The Labute approximate surface area is 194 Å². The highest BCUT2D eigenvalue weighted by Crippen LogP contribution is 2.15. The maximum absolute atomic E-state index is 13.2. The lowest BCUT2D eigenvalue weighted by atomic mass is 10.0. The number of benzene rings is 2. The lowest BCUT2D eigenvalue weighted by Gasteiger charge is -2.32. The maximum atomic E-state index is 13.2. The van der Waals surface area contributed by atoms with Gasteiger partial charge in [-0.25, -0.2) is 0 Å². The second-order valence-corrected chi connectivity index (χ2v) is 8.04. The van der Waals surface area contributed by atoms with Crippen molar-refractivity contribution in [3.05, 3.63) is 95.3 Å². The molecule has 0 saturated carbocycles. The van der Waals surface area contributed by atoms with Gasteiger partial charge in [0.05, 0.1) is 30.5 Å². The molecule has 2 aromatic carbocycles. The number of ether oxygens (including phenoxy) is 1.